The first-order valence-electron chi connectivity index (χ1n) is 13.5. The topological polar surface area (TPSA) is 149 Å². The number of pyridine rings is 1. The standard InChI is InChI=1S/C27H28B2F2N6O6/c1-41-26-17(8-14(11-32-26)20-2-3-22-33-21(12-37(22)36-20)34-23(39)13-38)25(40)35-27(28,29)18-9-15(30)10-19(31)24(18)43-16-4-6-42-7-5-16/h2-3,8-12,16,38H,4-7,13,28-29H2,1H3,(H,34,39)(H,35,40). The van der Waals surface area contributed by atoms with Gasteiger partial charge >= 0.3 is 0 Å². The van der Waals surface area contributed by atoms with Gasteiger partial charge in [-0.3, -0.25) is 9.59 Å². The molecule has 1 aromatic carbocycles. The molecule has 0 spiro atoms. The lowest BCUT2D eigenvalue weighted by Crippen LogP contribution is -2.47. The quantitative estimate of drug-likeness (QED) is 0.235. The number of amides is 2. The Bertz CT molecular complexity index is 1680. The van der Waals surface area contributed by atoms with Crippen molar-refractivity contribution in [2.24, 2.45) is 0 Å². The van der Waals surface area contributed by atoms with Crippen molar-refractivity contribution in [2.75, 3.05) is 32.2 Å². The van der Waals surface area contributed by atoms with E-state index in [2.05, 4.69) is 25.7 Å². The van der Waals surface area contributed by atoms with Crippen LogP contribution in [0.15, 0.2) is 42.7 Å². The highest BCUT2D eigenvalue weighted by Gasteiger charge is 2.32. The summed E-state index contributed by atoms with van der Waals surface area (Å²) in [6.07, 6.45) is 3.73. The molecule has 0 atom stereocenters. The summed E-state index contributed by atoms with van der Waals surface area (Å²) in [4.78, 5) is 33.6. The molecule has 2 amide bonds. The Morgan fingerprint density at radius 3 is 2.70 bits per heavy atom. The van der Waals surface area contributed by atoms with Crippen LogP contribution >= 0.6 is 0 Å². The summed E-state index contributed by atoms with van der Waals surface area (Å²) in [5.41, 5.74) is 1.50. The van der Waals surface area contributed by atoms with Crippen molar-refractivity contribution in [1.29, 1.82) is 0 Å². The smallest absolute Gasteiger partial charge is 0.256 e. The predicted molar refractivity (Wildman–Crippen MR) is 156 cm³/mol. The number of anilines is 1. The highest BCUT2D eigenvalue weighted by molar-refractivity contribution is 6.41. The second kappa shape index (κ2) is 12.4. The van der Waals surface area contributed by atoms with E-state index in [1.54, 1.807) is 27.8 Å². The lowest BCUT2D eigenvalue weighted by Gasteiger charge is -2.32. The van der Waals surface area contributed by atoms with Crippen molar-refractivity contribution in [1.82, 2.24) is 24.9 Å². The van der Waals surface area contributed by atoms with Gasteiger partial charge in [0.15, 0.2) is 23.0 Å². The lowest BCUT2D eigenvalue weighted by molar-refractivity contribution is -0.118. The van der Waals surface area contributed by atoms with E-state index in [9.17, 15) is 14.0 Å². The Balaban J connectivity index is 1.44. The zero-order chi connectivity index (χ0) is 30.7. The average molecular weight is 592 g/mol. The zero-order valence-corrected chi connectivity index (χ0v) is 23.7. The maximum Gasteiger partial charge on any atom is 0.256 e. The number of hydrogen-bond donors (Lipinski definition) is 3. The molecule has 3 aromatic heterocycles. The fraction of sp³-hybridized carbons (Fsp3) is 0.296. The molecular weight excluding hydrogens is 564 g/mol. The fourth-order valence-electron chi connectivity index (χ4n) is 4.72. The van der Waals surface area contributed by atoms with Crippen LogP contribution in [-0.4, -0.2) is 85.2 Å². The number of nitrogens with one attached hydrogen (secondary N) is 2. The molecule has 43 heavy (non-hydrogen) atoms. The number of aliphatic hydroxyl groups excluding tert-OH is 1. The van der Waals surface area contributed by atoms with E-state index >= 15 is 4.39 Å². The van der Waals surface area contributed by atoms with Crippen LogP contribution in [0.1, 0.15) is 28.8 Å². The molecule has 1 saturated heterocycles. The molecule has 16 heteroatoms. The van der Waals surface area contributed by atoms with Gasteiger partial charge in [-0.1, -0.05) is 0 Å². The number of carbonyl (C=O) groups excluding carboxylic acids is 2. The van der Waals surface area contributed by atoms with E-state index in [0.29, 0.717) is 43.0 Å². The van der Waals surface area contributed by atoms with Crippen LogP contribution in [-0.2, 0) is 14.9 Å². The van der Waals surface area contributed by atoms with Gasteiger partial charge in [0, 0.05) is 41.6 Å². The molecule has 0 radical (unpaired) electrons. The molecule has 1 fully saturated rings. The summed E-state index contributed by atoms with van der Waals surface area (Å²) in [5.74, 6) is -2.82. The van der Waals surface area contributed by atoms with E-state index in [0.717, 1.165) is 12.1 Å². The van der Waals surface area contributed by atoms with Crippen LogP contribution in [0.4, 0.5) is 14.6 Å². The first-order valence-corrected chi connectivity index (χ1v) is 13.5. The number of benzene rings is 1. The monoisotopic (exact) mass is 592 g/mol. The van der Waals surface area contributed by atoms with Crippen LogP contribution in [0.3, 0.4) is 0 Å². The van der Waals surface area contributed by atoms with Gasteiger partial charge in [0.05, 0.1) is 32.2 Å². The van der Waals surface area contributed by atoms with E-state index in [-0.39, 0.29) is 34.7 Å². The van der Waals surface area contributed by atoms with Crippen molar-refractivity contribution in [3.63, 3.8) is 0 Å². The van der Waals surface area contributed by atoms with Gasteiger partial charge in [0.25, 0.3) is 11.8 Å². The Morgan fingerprint density at radius 2 is 1.98 bits per heavy atom. The number of hydrogen-bond acceptors (Lipinski definition) is 9. The Hall–Kier alpha value is -4.56. The SMILES string of the molecule is BC(B)(NC(=O)c1cc(-c2ccc3nc(NC(=O)CO)cn3n2)cnc1OC)c1cc(F)cc(F)c1OC1CCOCC1. The minimum Gasteiger partial charge on any atom is -0.487 e. The third-order valence-corrected chi connectivity index (χ3v) is 6.88. The molecular formula is C27H28B2F2N6O6. The molecule has 0 unspecified atom stereocenters. The molecule has 222 valence electrons. The number of methoxy groups -OCH3 is 1. The van der Waals surface area contributed by atoms with Crippen molar-refractivity contribution in [2.45, 2.75) is 24.3 Å². The molecule has 12 nitrogen and oxygen atoms in total. The molecule has 5 rings (SSSR count). The zero-order valence-electron chi connectivity index (χ0n) is 23.7. The van der Waals surface area contributed by atoms with Crippen molar-refractivity contribution < 1.29 is 37.7 Å². The maximum absolute atomic E-state index is 15.0. The van der Waals surface area contributed by atoms with Gasteiger partial charge in [0.2, 0.25) is 5.88 Å². The van der Waals surface area contributed by atoms with Gasteiger partial charge in [-0.05, 0) is 24.3 Å². The molecule has 4 heterocycles. The van der Waals surface area contributed by atoms with Crippen LogP contribution in [0, 0.1) is 11.6 Å². The summed E-state index contributed by atoms with van der Waals surface area (Å²) in [6, 6.07) is 6.74. The van der Waals surface area contributed by atoms with E-state index < -0.39 is 35.4 Å². The lowest BCUT2D eigenvalue weighted by atomic mass is 9.57. The Labute approximate surface area is 246 Å². The normalized spacial score (nSPS) is 14.0. The van der Waals surface area contributed by atoms with Gasteiger partial charge < -0.3 is 30.0 Å². The summed E-state index contributed by atoms with van der Waals surface area (Å²) in [7, 11) is 4.59. The van der Waals surface area contributed by atoms with Crippen LogP contribution in [0.2, 0.25) is 0 Å². The van der Waals surface area contributed by atoms with Crippen molar-refractivity contribution in [3.05, 3.63) is 65.5 Å². The number of aromatic nitrogens is 4. The van der Waals surface area contributed by atoms with Gasteiger partial charge in [-0.15, -0.1) is 0 Å². The first kappa shape index (κ1) is 29.9. The van der Waals surface area contributed by atoms with Gasteiger partial charge in [-0.25, -0.2) is 23.3 Å². The summed E-state index contributed by atoms with van der Waals surface area (Å²) in [5, 5.41) is 17.4. The number of halogens is 2. The van der Waals surface area contributed by atoms with Crippen LogP contribution in [0.5, 0.6) is 11.6 Å². The summed E-state index contributed by atoms with van der Waals surface area (Å²) >= 11 is 0. The highest BCUT2D eigenvalue weighted by atomic mass is 19.1. The number of ether oxygens (including phenoxy) is 3. The molecule has 0 saturated carbocycles. The van der Waals surface area contributed by atoms with Crippen molar-refractivity contribution >= 4 is 39.0 Å². The minimum atomic E-state index is -1.29. The number of fused-ring (bicyclic) bond motifs is 1. The highest BCUT2D eigenvalue weighted by Crippen LogP contribution is 2.33. The van der Waals surface area contributed by atoms with Crippen LogP contribution in [0.25, 0.3) is 16.9 Å². The molecule has 0 bridgehead atoms. The number of imidazole rings is 1. The maximum atomic E-state index is 15.0. The predicted octanol–water partition coefficient (Wildman–Crippen LogP) is 0.373. The number of rotatable bonds is 9. The third-order valence-electron chi connectivity index (χ3n) is 6.88. The van der Waals surface area contributed by atoms with Gasteiger partial charge in [-0.2, -0.15) is 5.10 Å². The molecule has 4 aromatic rings. The van der Waals surface area contributed by atoms with E-state index in [1.807, 2.05) is 0 Å². The number of carbonyl (C=O) groups is 2. The fourth-order valence-corrected chi connectivity index (χ4v) is 4.72. The molecule has 1 aliphatic rings. The summed E-state index contributed by atoms with van der Waals surface area (Å²) < 4.78 is 47.5. The van der Waals surface area contributed by atoms with Crippen LogP contribution < -0.4 is 20.1 Å². The second-order valence-electron chi connectivity index (χ2n) is 10.4. The largest absolute Gasteiger partial charge is 0.487 e. The van der Waals surface area contributed by atoms with E-state index in [4.69, 9.17) is 19.3 Å². The Morgan fingerprint density at radius 1 is 1.21 bits per heavy atom. The van der Waals surface area contributed by atoms with Crippen molar-refractivity contribution in [3.8, 4) is 22.9 Å². The number of aliphatic hydroxyl groups is 1. The van der Waals surface area contributed by atoms with Gasteiger partial charge in [0.1, 0.15) is 39.8 Å². The molecule has 3 N–H and O–H groups in total. The minimum absolute atomic E-state index is 0.0267. The average Bonchev–Trinajstić information content (AvgIpc) is 3.39. The first-order chi connectivity index (χ1) is 20.6. The molecule has 1 aliphatic heterocycles. The summed E-state index contributed by atoms with van der Waals surface area (Å²) in [6.45, 7) is 0.246. The third kappa shape index (κ3) is 6.60. The van der Waals surface area contributed by atoms with E-state index in [1.165, 1.54) is 30.1 Å². The number of nitrogens with zero attached hydrogens (tertiary/aromatic N) is 4. The molecule has 0 aliphatic carbocycles. The second-order valence-corrected chi connectivity index (χ2v) is 10.4. The Kier molecular flexibility index (Phi) is 8.59.